The Bertz CT molecular complexity index is 333. The first-order valence-electron chi connectivity index (χ1n) is 6.40. The molecule has 3 atom stereocenters. The van der Waals surface area contributed by atoms with Crippen LogP contribution >= 0.6 is 0 Å². The van der Waals surface area contributed by atoms with Gasteiger partial charge in [0.1, 0.15) is 0 Å². The van der Waals surface area contributed by atoms with E-state index in [4.69, 9.17) is 0 Å². The van der Waals surface area contributed by atoms with E-state index in [0.717, 1.165) is 5.56 Å². The van der Waals surface area contributed by atoms with Gasteiger partial charge in [-0.05, 0) is 29.7 Å². The molecule has 0 bridgehead atoms. The monoisotopic (exact) mass is 218 g/mol. The molecule has 1 fully saturated rings. The maximum atomic E-state index is 10.3. The molecule has 1 aromatic rings. The lowest BCUT2D eigenvalue weighted by molar-refractivity contribution is 0.133. The molecule has 1 aliphatic carbocycles. The molecule has 1 aromatic carbocycles. The first kappa shape index (κ1) is 11.7. The van der Waals surface area contributed by atoms with Gasteiger partial charge in [-0.2, -0.15) is 0 Å². The van der Waals surface area contributed by atoms with E-state index in [1.54, 1.807) is 0 Å². The highest BCUT2D eigenvalue weighted by Crippen LogP contribution is 2.60. The average Bonchev–Trinajstić information content (AvgIpc) is 3.00. The highest BCUT2D eigenvalue weighted by molar-refractivity contribution is 5.21. The van der Waals surface area contributed by atoms with Crippen LogP contribution in [0.25, 0.3) is 0 Å². The van der Waals surface area contributed by atoms with Gasteiger partial charge in [0.2, 0.25) is 0 Å². The summed E-state index contributed by atoms with van der Waals surface area (Å²) in [6, 6.07) is 10.1. The van der Waals surface area contributed by atoms with Crippen LogP contribution in [0.5, 0.6) is 0 Å². The third-order valence-electron chi connectivity index (χ3n) is 4.04. The fraction of sp³-hybridized carbons (Fsp3) is 0.600. The van der Waals surface area contributed by atoms with Gasteiger partial charge in [0.15, 0.2) is 0 Å². The SMILES string of the molecule is CCCC[C@]1(C)C[C@H]1[C@H](O)c1ccccc1. The average molecular weight is 218 g/mol. The lowest BCUT2D eigenvalue weighted by atomic mass is 9.94. The molecule has 0 radical (unpaired) electrons. The summed E-state index contributed by atoms with van der Waals surface area (Å²) in [5.74, 6) is 0.474. The molecule has 0 aromatic heterocycles. The van der Waals surface area contributed by atoms with Crippen molar-refractivity contribution >= 4 is 0 Å². The van der Waals surface area contributed by atoms with Crippen LogP contribution in [0.1, 0.15) is 51.2 Å². The maximum Gasteiger partial charge on any atom is 0.0823 e. The summed E-state index contributed by atoms with van der Waals surface area (Å²) in [6.45, 7) is 4.55. The summed E-state index contributed by atoms with van der Waals surface area (Å²) >= 11 is 0. The van der Waals surface area contributed by atoms with Gasteiger partial charge in [-0.3, -0.25) is 0 Å². The molecular formula is C15H22O. The summed E-state index contributed by atoms with van der Waals surface area (Å²) in [6.07, 6.45) is 4.72. The van der Waals surface area contributed by atoms with E-state index in [9.17, 15) is 5.11 Å². The predicted octanol–water partition coefficient (Wildman–Crippen LogP) is 3.94. The molecule has 16 heavy (non-hydrogen) atoms. The number of aliphatic hydroxyl groups is 1. The first-order valence-corrected chi connectivity index (χ1v) is 6.40. The Kier molecular flexibility index (Phi) is 3.34. The fourth-order valence-corrected chi connectivity index (χ4v) is 2.69. The molecule has 1 saturated carbocycles. The van der Waals surface area contributed by atoms with E-state index in [0.29, 0.717) is 11.3 Å². The Morgan fingerprint density at radius 2 is 2.06 bits per heavy atom. The third-order valence-corrected chi connectivity index (χ3v) is 4.04. The molecule has 1 nitrogen and oxygen atoms in total. The summed E-state index contributed by atoms with van der Waals surface area (Å²) in [4.78, 5) is 0. The Labute approximate surface area is 98.5 Å². The molecule has 0 saturated heterocycles. The van der Waals surface area contributed by atoms with E-state index in [2.05, 4.69) is 13.8 Å². The molecule has 0 unspecified atom stereocenters. The van der Waals surface area contributed by atoms with Crippen molar-refractivity contribution in [2.45, 2.75) is 45.6 Å². The van der Waals surface area contributed by atoms with Crippen LogP contribution < -0.4 is 0 Å². The lowest BCUT2D eigenvalue weighted by Gasteiger charge is -2.15. The van der Waals surface area contributed by atoms with Crippen molar-refractivity contribution < 1.29 is 5.11 Å². The van der Waals surface area contributed by atoms with Gasteiger partial charge in [-0.1, -0.05) is 57.0 Å². The van der Waals surface area contributed by atoms with Gasteiger partial charge in [0.05, 0.1) is 6.10 Å². The van der Waals surface area contributed by atoms with Gasteiger partial charge < -0.3 is 5.11 Å². The first-order chi connectivity index (χ1) is 7.67. The molecule has 0 heterocycles. The lowest BCUT2D eigenvalue weighted by Crippen LogP contribution is -2.07. The number of rotatable bonds is 5. The highest BCUT2D eigenvalue weighted by atomic mass is 16.3. The number of benzene rings is 1. The maximum absolute atomic E-state index is 10.3. The van der Waals surface area contributed by atoms with E-state index < -0.39 is 0 Å². The van der Waals surface area contributed by atoms with Gasteiger partial charge in [0, 0.05) is 0 Å². The van der Waals surface area contributed by atoms with Crippen molar-refractivity contribution in [2.75, 3.05) is 0 Å². The minimum Gasteiger partial charge on any atom is -0.388 e. The van der Waals surface area contributed by atoms with Crippen LogP contribution in [-0.2, 0) is 0 Å². The Balaban J connectivity index is 1.96. The molecule has 2 rings (SSSR count). The standard InChI is InChI=1S/C15H22O/c1-3-4-10-15(2)11-13(15)14(16)12-8-6-5-7-9-12/h5-9,13-14,16H,3-4,10-11H2,1-2H3/t13-,14+,15+/m0/s1. The van der Waals surface area contributed by atoms with Crippen molar-refractivity contribution in [3.05, 3.63) is 35.9 Å². The van der Waals surface area contributed by atoms with Crippen molar-refractivity contribution in [1.82, 2.24) is 0 Å². The van der Waals surface area contributed by atoms with Gasteiger partial charge in [-0.25, -0.2) is 0 Å². The van der Waals surface area contributed by atoms with Crippen LogP contribution in [0.2, 0.25) is 0 Å². The third kappa shape index (κ3) is 2.30. The van der Waals surface area contributed by atoms with Crippen molar-refractivity contribution in [3.8, 4) is 0 Å². The number of hydrogen-bond acceptors (Lipinski definition) is 1. The van der Waals surface area contributed by atoms with E-state index in [1.807, 2.05) is 30.3 Å². The topological polar surface area (TPSA) is 20.2 Å². The molecule has 0 spiro atoms. The van der Waals surface area contributed by atoms with Gasteiger partial charge in [0.25, 0.3) is 0 Å². The summed E-state index contributed by atoms with van der Waals surface area (Å²) in [7, 11) is 0. The van der Waals surface area contributed by atoms with Crippen LogP contribution in [0.15, 0.2) is 30.3 Å². The van der Waals surface area contributed by atoms with Crippen molar-refractivity contribution in [3.63, 3.8) is 0 Å². The zero-order chi connectivity index (χ0) is 11.6. The van der Waals surface area contributed by atoms with E-state index in [1.165, 1.54) is 25.7 Å². The van der Waals surface area contributed by atoms with Gasteiger partial charge in [-0.15, -0.1) is 0 Å². The predicted molar refractivity (Wildman–Crippen MR) is 67.1 cm³/mol. The summed E-state index contributed by atoms with van der Waals surface area (Å²) in [5.41, 5.74) is 1.47. The molecule has 1 aliphatic rings. The second-order valence-corrected chi connectivity index (χ2v) is 5.42. The van der Waals surface area contributed by atoms with Crippen LogP contribution in [0.3, 0.4) is 0 Å². The highest BCUT2D eigenvalue weighted by Gasteiger charge is 2.52. The van der Waals surface area contributed by atoms with Crippen LogP contribution in [0, 0.1) is 11.3 Å². The van der Waals surface area contributed by atoms with E-state index in [-0.39, 0.29) is 6.10 Å². The number of hydrogen-bond donors (Lipinski definition) is 1. The number of aliphatic hydroxyl groups excluding tert-OH is 1. The zero-order valence-electron chi connectivity index (χ0n) is 10.3. The minimum absolute atomic E-state index is 0.261. The molecule has 88 valence electrons. The molecular weight excluding hydrogens is 196 g/mol. The summed E-state index contributed by atoms with van der Waals surface area (Å²) < 4.78 is 0. The minimum atomic E-state index is -0.261. The molecule has 1 N–H and O–H groups in total. The zero-order valence-corrected chi connectivity index (χ0v) is 10.3. The molecule has 0 aliphatic heterocycles. The summed E-state index contributed by atoms with van der Waals surface area (Å²) in [5, 5.41) is 10.3. The van der Waals surface area contributed by atoms with E-state index >= 15 is 0 Å². The number of unbranched alkanes of at least 4 members (excludes halogenated alkanes) is 1. The van der Waals surface area contributed by atoms with Crippen molar-refractivity contribution in [1.29, 1.82) is 0 Å². The van der Waals surface area contributed by atoms with Gasteiger partial charge >= 0.3 is 0 Å². The fourth-order valence-electron chi connectivity index (χ4n) is 2.69. The largest absolute Gasteiger partial charge is 0.388 e. The molecule has 0 amide bonds. The van der Waals surface area contributed by atoms with Crippen LogP contribution in [-0.4, -0.2) is 5.11 Å². The van der Waals surface area contributed by atoms with Crippen LogP contribution in [0.4, 0.5) is 0 Å². The Hall–Kier alpha value is -0.820. The van der Waals surface area contributed by atoms with Crippen molar-refractivity contribution in [2.24, 2.45) is 11.3 Å². The normalized spacial score (nSPS) is 30.1. The Morgan fingerprint density at radius 3 is 2.69 bits per heavy atom. The molecule has 1 heteroatoms. The quantitative estimate of drug-likeness (QED) is 0.793. The smallest absolute Gasteiger partial charge is 0.0823 e. The Morgan fingerprint density at radius 1 is 1.38 bits per heavy atom. The second-order valence-electron chi connectivity index (χ2n) is 5.42. The second kappa shape index (κ2) is 4.58.